The van der Waals surface area contributed by atoms with E-state index in [2.05, 4.69) is 26.8 Å². The molecule has 2 N–H and O–H groups in total. The van der Waals surface area contributed by atoms with Crippen LogP contribution in [-0.4, -0.2) is 18.4 Å². The van der Waals surface area contributed by atoms with Gasteiger partial charge in [0.2, 0.25) is 5.91 Å². The first-order chi connectivity index (χ1) is 11.1. The number of hydrogen-bond donors (Lipinski definition) is 2. The predicted octanol–water partition coefficient (Wildman–Crippen LogP) is 2.80. The molecule has 2 aliphatic carbocycles. The third kappa shape index (κ3) is 4.47. The van der Waals surface area contributed by atoms with Crippen molar-refractivity contribution in [3.63, 3.8) is 0 Å². The molecule has 2 bridgehead atoms. The maximum atomic E-state index is 11.9. The third-order valence-electron chi connectivity index (χ3n) is 4.84. The van der Waals surface area contributed by atoms with Crippen LogP contribution in [0.4, 0.5) is 0 Å². The zero-order chi connectivity index (χ0) is 16.2. The second-order valence-corrected chi connectivity index (χ2v) is 7.40. The molecule has 0 heterocycles. The highest BCUT2D eigenvalue weighted by atomic mass is 79.9. The Kier molecular flexibility index (Phi) is 5.20. The first kappa shape index (κ1) is 16.3. The molecule has 5 nitrogen and oxygen atoms in total. The Morgan fingerprint density at radius 3 is 2.70 bits per heavy atom. The molecule has 2 amide bonds. The van der Waals surface area contributed by atoms with Gasteiger partial charge in [-0.15, -0.1) is 0 Å². The summed E-state index contributed by atoms with van der Waals surface area (Å²) >= 11 is 3.34. The molecular weight excluding hydrogens is 360 g/mol. The fraction of sp³-hybridized carbons (Fsp3) is 0.529. The molecule has 1 aromatic rings. The normalized spacial score (nSPS) is 25.2. The van der Waals surface area contributed by atoms with Gasteiger partial charge in [-0.25, -0.2) is 0 Å². The molecule has 0 saturated heterocycles. The number of hydrazine groups is 1. The fourth-order valence-corrected chi connectivity index (χ4v) is 4.18. The summed E-state index contributed by atoms with van der Waals surface area (Å²) in [4.78, 5) is 23.6. The van der Waals surface area contributed by atoms with Crippen LogP contribution in [0.25, 0.3) is 0 Å². The molecule has 1 aromatic carbocycles. The molecule has 124 valence electrons. The number of amides is 2. The highest BCUT2D eigenvalue weighted by Gasteiger charge is 2.40. The van der Waals surface area contributed by atoms with E-state index in [4.69, 9.17) is 4.74 Å². The summed E-state index contributed by atoms with van der Waals surface area (Å²) in [5.41, 5.74) is 4.90. The standard InChI is InChI=1S/C17H21BrN2O3/c18-14-2-1-3-15(9-14)23-10-17(22)20-19-16(21)8-13-7-11-4-5-12(13)6-11/h1-3,9,11-13H,4-8,10H2,(H,19,21)(H,20,22)/t11-,12-,13-/m0/s1. The van der Waals surface area contributed by atoms with Gasteiger partial charge in [0.25, 0.3) is 5.91 Å². The zero-order valence-corrected chi connectivity index (χ0v) is 14.5. The van der Waals surface area contributed by atoms with Crippen molar-refractivity contribution in [2.75, 3.05) is 6.61 Å². The lowest BCUT2D eigenvalue weighted by Gasteiger charge is -2.20. The molecule has 3 atom stereocenters. The van der Waals surface area contributed by atoms with Crippen molar-refractivity contribution in [3.05, 3.63) is 28.7 Å². The van der Waals surface area contributed by atoms with Crippen LogP contribution in [0.2, 0.25) is 0 Å². The van der Waals surface area contributed by atoms with Crippen molar-refractivity contribution >= 4 is 27.7 Å². The van der Waals surface area contributed by atoms with Crippen molar-refractivity contribution in [2.24, 2.45) is 17.8 Å². The Morgan fingerprint density at radius 2 is 2.00 bits per heavy atom. The van der Waals surface area contributed by atoms with Crippen molar-refractivity contribution < 1.29 is 14.3 Å². The van der Waals surface area contributed by atoms with Crippen LogP contribution in [0.5, 0.6) is 5.75 Å². The summed E-state index contributed by atoms with van der Waals surface area (Å²) in [6.07, 6.45) is 5.54. The van der Waals surface area contributed by atoms with Crippen LogP contribution in [0.3, 0.4) is 0 Å². The van der Waals surface area contributed by atoms with E-state index in [9.17, 15) is 9.59 Å². The van der Waals surface area contributed by atoms with Gasteiger partial charge in [-0.1, -0.05) is 28.4 Å². The van der Waals surface area contributed by atoms with Crippen LogP contribution in [0.1, 0.15) is 32.1 Å². The smallest absolute Gasteiger partial charge is 0.276 e. The zero-order valence-electron chi connectivity index (χ0n) is 12.9. The Hall–Kier alpha value is -1.56. The topological polar surface area (TPSA) is 67.4 Å². The molecule has 2 saturated carbocycles. The van der Waals surface area contributed by atoms with Crippen LogP contribution in [0, 0.1) is 17.8 Å². The number of nitrogens with one attached hydrogen (secondary N) is 2. The average Bonchev–Trinajstić information content (AvgIpc) is 3.14. The first-order valence-corrected chi connectivity index (χ1v) is 8.85. The lowest BCUT2D eigenvalue weighted by atomic mass is 9.86. The molecule has 23 heavy (non-hydrogen) atoms. The molecule has 2 aliphatic rings. The summed E-state index contributed by atoms with van der Waals surface area (Å²) in [7, 11) is 0. The predicted molar refractivity (Wildman–Crippen MR) is 89.5 cm³/mol. The number of fused-ring (bicyclic) bond motifs is 2. The second kappa shape index (κ2) is 7.34. The number of halogens is 1. The van der Waals surface area contributed by atoms with Gasteiger partial charge in [0.1, 0.15) is 5.75 Å². The maximum Gasteiger partial charge on any atom is 0.276 e. The average molecular weight is 381 g/mol. The minimum atomic E-state index is -0.369. The molecule has 0 unspecified atom stereocenters. The molecule has 2 fully saturated rings. The molecular formula is C17H21BrN2O3. The Bertz CT molecular complexity index is 593. The Labute approximate surface area is 144 Å². The Balaban J connectivity index is 1.34. The van der Waals surface area contributed by atoms with Gasteiger partial charge in [-0.05, 0) is 55.2 Å². The van der Waals surface area contributed by atoms with E-state index in [1.54, 1.807) is 12.1 Å². The van der Waals surface area contributed by atoms with Gasteiger partial charge in [-0.3, -0.25) is 20.4 Å². The van der Waals surface area contributed by atoms with E-state index < -0.39 is 0 Å². The van der Waals surface area contributed by atoms with Crippen molar-refractivity contribution in [1.29, 1.82) is 0 Å². The molecule has 0 radical (unpaired) electrons. The number of ether oxygens (including phenoxy) is 1. The third-order valence-corrected chi connectivity index (χ3v) is 5.33. The van der Waals surface area contributed by atoms with E-state index in [1.807, 2.05) is 12.1 Å². The molecule has 0 aromatic heterocycles. The summed E-state index contributed by atoms with van der Waals surface area (Å²) in [5.74, 6) is 2.14. The Morgan fingerprint density at radius 1 is 1.17 bits per heavy atom. The van der Waals surface area contributed by atoms with E-state index >= 15 is 0 Å². The number of carbonyl (C=O) groups is 2. The van der Waals surface area contributed by atoms with Gasteiger partial charge in [0.15, 0.2) is 6.61 Å². The molecule has 0 aliphatic heterocycles. The van der Waals surface area contributed by atoms with Gasteiger partial charge < -0.3 is 4.74 Å². The van der Waals surface area contributed by atoms with Crippen molar-refractivity contribution in [2.45, 2.75) is 32.1 Å². The van der Waals surface area contributed by atoms with Crippen LogP contribution < -0.4 is 15.6 Å². The van der Waals surface area contributed by atoms with E-state index in [0.29, 0.717) is 24.0 Å². The highest BCUT2D eigenvalue weighted by Crippen LogP contribution is 2.49. The number of carbonyl (C=O) groups excluding carboxylic acids is 2. The number of rotatable bonds is 5. The van der Waals surface area contributed by atoms with E-state index in [0.717, 1.165) is 16.8 Å². The lowest BCUT2D eigenvalue weighted by Crippen LogP contribution is -2.44. The SMILES string of the molecule is O=C(COc1cccc(Br)c1)NNC(=O)C[C@@H]1C[C@H]2CC[C@H]1C2. The first-order valence-electron chi connectivity index (χ1n) is 8.06. The number of benzene rings is 1. The second-order valence-electron chi connectivity index (χ2n) is 6.48. The van der Waals surface area contributed by atoms with Gasteiger partial charge in [0.05, 0.1) is 0 Å². The van der Waals surface area contributed by atoms with Gasteiger partial charge in [-0.2, -0.15) is 0 Å². The van der Waals surface area contributed by atoms with Crippen LogP contribution >= 0.6 is 15.9 Å². The van der Waals surface area contributed by atoms with E-state index in [-0.39, 0.29) is 18.4 Å². The van der Waals surface area contributed by atoms with Gasteiger partial charge >= 0.3 is 0 Å². The maximum absolute atomic E-state index is 11.9. The van der Waals surface area contributed by atoms with E-state index in [1.165, 1.54) is 19.3 Å². The number of hydrogen-bond acceptors (Lipinski definition) is 3. The van der Waals surface area contributed by atoms with Crippen molar-refractivity contribution in [3.8, 4) is 5.75 Å². The summed E-state index contributed by atoms with van der Waals surface area (Å²) in [5, 5.41) is 0. The highest BCUT2D eigenvalue weighted by molar-refractivity contribution is 9.10. The summed E-state index contributed by atoms with van der Waals surface area (Å²) in [6, 6.07) is 7.25. The monoisotopic (exact) mass is 380 g/mol. The largest absolute Gasteiger partial charge is 0.484 e. The summed E-state index contributed by atoms with van der Waals surface area (Å²) < 4.78 is 6.25. The van der Waals surface area contributed by atoms with Gasteiger partial charge in [0, 0.05) is 10.9 Å². The lowest BCUT2D eigenvalue weighted by molar-refractivity contribution is -0.130. The molecule has 6 heteroatoms. The molecule has 0 spiro atoms. The minimum Gasteiger partial charge on any atom is -0.484 e. The molecule has 3 rings (SSSR count). The fourth-order valence-electron chi connectivity index (χ4n) is 3.80. The van der Waals surface area contributed by atoms with Crippen LogP contribution in [-0.2, 0) is 9.59 Å². The minimum absolute atomic E-state index is 0.113. The quantitative estimate of drug-likeness (QED) is 0.771. The van der Waals surface area contributed by atoms with Crippen molar-refractivity contribution in [1.82, 2.24) is 10.9 Å². The summed E-state index contributed by atoms with van der Waals surface area (Å²) in [6.45, 7) is -0.134. The van der Waals surface area contributed by atoms with Crippen LogP contribution in [0.15, 0.2) is 28.7 Å².